The van der Waals surface area contributed by atoms with E-state index in [1.807, 2.05) is 0 Å². The molecule has 0 aliphatic rings. The van der Waals surface area contributed by atoms with Crippen molar-refractivity contribution < 1.29 is 23.4 Å². The van der Waals surface area contributed by atoms with E-state index in [1.54, 1.807) is 7.05 Å². The highest BCUT2D eigenvalue weighted by Gasteiger charge is 2.33. The van der Waals surface area contributed by atoms with Gasteiger partial charge in [-0.3, -0.25) is 4.98 Å². The number of rotatable bonds is 4. The van der Waals surface area contributed by atoms with Crippen LogP contribution in [0.1, 0.15) is 17.4 Å². The zero-order valence-corrected chi connectivity index (χ0v) is 9.07. The number of likely N-dealkylation sites (N-methyl/N-ethyl adjacent to an activating group) is 1. The highest BCUT2D eigenvalue weighted by atomic mass is 19.4. The van der Waals surface area contributed by atoms with Crippen LogP contribution in [-0.4, -0.2) is 34.9 Å². The Morgan fingerprint density at radius 2 is 2.06 bits per heavy atom. The number of aliphatic hydroxyl groups excluding tert-OH is 2. The van der Waals surface area contributed by atoms with Gasteiger partial charge in [-0.05, 0) is 24.7 Å². The summed E-state index contributed by atoms with van der Waals surface area (Å²) in [6, 6.07) is 1.96. The van der Waals surface area contributed by atoms with Crippen LogP contribution in [0.15, 0.2) is 18.3 Å². The average molecular weight is 250 g/mol. The van der Waals surface area contributed by atoms with Gasteiger partial charge in [-0.15, -0.1) is 0 Å². The van der Waals surface area contributed by atoms with Crippen LogP contribution >= 0.6 is 0 Å². The van der Waals surface area contributed by atoms with E-state index in [-0.39, 0.29) is 12.1 Å². The van der Waals surface area contributed by atoms with Crippen LogP contribution in [0.2, 0.25) is 0 Å². The van der Waals surface area contributed by atoms with Crippen molar-refractivity contribution in [3.05, 3.63) is 29.6 Å². The molecule has 0 radical (unpaired) electrons. The SMILES string of the molecule is CNCC(O)C(O)c1ccnc(C(F)(F)F)c1. The van der Waals surface area contributed by atoms with Crippen LogP contribution in [0.4, 0.5) is 13.2 Å². The molecule has 0 saturated carbocycles. The Morgan fingerprint density at radius 1 is 1.41 bits per heavy atom. The molecule has 0 amide bonds. The minimum atomic E-state index is -4.57. The van der Waals surface area contributed by atoms with Crippen molar-refractivity contribution in [3.63, 3.8) is 0 Å². The Labute approximate surface area is 96.1 Å². The molecule has 2 atom stereocenters. The van der Waals surface area contributed by atoms with E-state index in [2.05, 4.69) is 10.3 Å². The fourth-order valence-corrected chi connectivity index (χ4v) is 1.33. The van der Waals surface area contributed by atoms with Gasteiger partial charge in [0.15, 0.2) is 0 Å². The van der Waals surface area contributed by atoms with Crippen molar-refractivity contribution in [2.75, 3.05) is 13.6 Å². The van der Waals surface area contributed by atoms with Crippen molar-refractivity contribution in [1.82, 2.24) is 10.3 Å². The monoisotopic (exact) mass is 250 g/mol. The van der Waals surface area contributed by atoms with Gasteiger partial charge < -0.3 is 15.5 Å². The first-order valence-electron chi connectivity index (χ1n) is 4.90. The average Bonchev–Trinajstić information content (AvgIpc) is 2.27. The molecule has 2 unspecified atom stereocenters. The first kappa shape index (κ1) is 13.9. The van der Waals surface area contributed by atoms with Crippen LogP contribution in [0.25, 0.3) is 0 Å². The summed E-state index contributed by atoms with van der Waals surface area (Å²) in [7, 11) is 1.56. The normalized spacial score (nSPS) is 15.6. The topological polar surface area (TPSA) is 65.4 Å². The summed E-state index contributed by atoms with van der Waals surface area (Å²) < 4.78 is 37.1. The second kappa shape index (κ2) is 5.44. The highest BCUT2D eigenvalue weighted by Crippen LogP contribution is 2.29. The Hall–Kier alpha value is -1.18. The number of halogens is 3. The number of nitrogens with one attached hydrogen (secondary N) is 1. The fourth-order valence-electron chi connectivity index (χ4n) is 1.33. The van der Waals surface area contributed by atoms with Gasteiger partial charge >= 0.3 is 6.18 Å². The second-order valence-electron chi connectivity index (χ2n) is 3.54. The van der Waals surface area contributed by atoms with Gasteiger partial charge in [0.2, 0.25) is 0 Å². The zero-order valence-electron chi connectivity index (χ0n) is 9.07. The van der Waals surface area contributed by atoms with Gasteiger partial charge in [0.25, 0.3) is 0 Å². The van der Waals surface area contributed by atoms with E-state index in [1.165, 1.54) is 6.07 Å². The molecule has 96 valence electrons. The predicted octanol–water partition coefficient (Wildman–Crippen LogP) is 0.714. The Bertz CT molecular complexity index is 371. The van der Waals surface area contributed by atoms with Crippen molar-refractivity contribution in [2.45, 2.75) is 18.4 Å². The quantitative estimate of drug-likeness (QED) is 0.736. The molecule has 1 aromatic rings. The number of hydrogen-bond acceptors (Lipinski definition) is 4. The van der Waals surface area contributed by atoms with Crippen molar-refractivity contribution >= 4 is 0 Å². The molecule has 0 saturated heterocycles. The number of aromatic nitrogens is 1. The summed E-state index contributed by atoms with van der Waals surface area (Å²) in [5.74, 6) is 0. The maximum Gasteiger partial charge on any atom is 0.433 e. The third kappa shape index (κ3) is 3.65. The van der Waals surface area contributed by atoms with Crippen molar-refractivity contribution in [3.8, 4) is 0 Å². The number of pyridine rings is 1. The van der Waals surface area contributed by atoms with E-state index in [9.17, 15) is 23.4 Å². The molecule has 4 nitrogen and oxygen atoms in total. The first-order chi connectivity index (χ1) is 7.86. The lowest BCUT2D eigenvalue weighted by molar-refractivity contribution is -0.141. The van der Waals surface area contributed by atoms with Gasteiger partial charge in [0.05, 0.1) is 6.10 Å². The van der Waals surface area contributed by atoms with Crippen LogP contribution < -0.4 is 5.32 Å². The van der Waals surface area contributed by atoms with Crippen LogP contribution in [0.5, 0.6) is 0 Å². The molecule has 0 aliphatic carbocycles. The van der Waals surface area contributed by atoms with E-state index in [0.717, 1.165) is 12.3 Å². The van der Waals surface area contributed by atoms with Crippen LogP contribution in [0.3, 0.4) is 0 Å². The summed E-state index contributed by atoms with van der Waals surface area (Å²) in [5, 5.41) is 21.7. The molecule has 1 aromatic heterocycles. The van der Waals surface area contributed by atoms with Gasteiger partial charge in [-0.2, -0.15) is 13.2 Å². The molecular weight excluding hydrogens is 237 g/mol. The molecule has 7 heteroatoms. The molecule has 3 N–H and O–H groups in total. The van der Waals surface area contributed by atoms with E-state index in [4.69, 9.17) is 0 Å². The molecular formula is C10H13F3N2O2. The van der Waals surface area contributed by atoms with Gasteiger partial charge in [-0.25, -0.2) is 0 Å². The molecule has 0 bridgehead atoms. The van der Waals surface area contributed by atoms with E-state index in [0.29, 0.717) is 0 Å². The summed E-state index contributed by atoms with van der Waals surface area (Å²) >= 11 is 0. The third-order valence-electron chi connectivity index (χ3n) is 2.19. The van der Waals surface area contributed by atoms with Gasteiger partial charge in [-0.1, -0.05) is 0 Å². The molecule has 1 heterocycles. The van der Waals surface area contributed by atoms with Crippen molar-refractivity contribution in [1.29, 1.82) is 0 Å². The Morgan fingerprint density at radius 3 is 2.59 bits per heavy atom. The Balaban J connectivity index is 2.92. The molecule has 17 heavy (non-hydrogen) atoms. The van der Waals surface area contributed by atoms with Gasteiger partial charge in [0.1, 0.15) is 11.8 Å². The summed E-state index contributed by atoms with van der Waals surface area (Å²) in [4.78, 5) is 3.17. The van der Waals surface area contributed by atoms with Crippen LogP contribution in [-0.2, 0) is 6.18 Å². The molecule has 0 fully saturated rings. The molecule has 0 aliphatic heterocycles. The lowest BCUT2D eigenvalue weighted by Crippen LogP contribution is -2.29. The van der Waals surface area contributed by atoms with E-state index < -0.39 is 24.1 Å². The highest BCUT2D eigenvalue weighted by molar-refractivity contribution is 5.21. The number of alkyl halides is 3. The van der Waals surface area contributed by atoms with Gasteiger partial charge in [0, 0.05) is 12.7 Å². The lowest BCUT2D eigenvalue weighted by Gasteiger charge is -2.18. The van der Waals surface area contributed by atoms with Crippen molar-refractivity contribution in [2.24, 2.45) is 0 Å². The smallest absolute Gasteiger partial charge is 0.389 e. The maximum absolute atomic E-state index is 12.4. The summed E-state index contributed by atoms with van der Waals surface area (Å²) in [5.41, 5.74) is -1.11. The minimum absolute atomic E-state index is 0.0184. The number of nitrogens with zero attached hydrogens (tertiary/aromatic N) is 1. The molecule has 1 rings (SSSR count). The standard InChI is InChI=1S/C10H13F3N2O2/c1-14-5-7(16)9(17)6-2-3-15-8(4-6)10(11,12)13/h2-4,7,9,14,16-17H,5H2,1H3. The third-order valence-corrected chi connectivity index (χ3v) is 2.19. The van der Waals surface area contributed by atoms with Crippen LogP contribution in [0, 0.1) is 0 Å². The molecule has 0 aromatic carbocycles. The molecule has 0 spiro atoms. The van der Waals surface area contributed by atoms with E-state index >= 15 is 0 Å². The maximum atomic E-state index is 12.4. The number of aliphatic hydroxyl groups is 2. The second-order valence-corrected chi connectivity index (χ2v) is 3.54. The predicted molar refractivity (Wildman–Crippen MR) is 54.1 cm³/mol. The number of hydrogen-bond donors (Lipinski definition) is 3. The fraction of sp³-hybridized carbons (Fsp3) is 0.500. The summed E-state index contributed by atoms with van der Waals surface area (Å²) in [6.07, 6.45) is -6.17. The minimum Gasteiger partial charge on any atom is -0.389 e. The Kier molecular flexibility index (Phi) is 4.44. The first-order valence-corrected chi connectivity index (χ1v) is 4.90. The largest absolute Gasteiger partial charge is 0.433 e. The summed E-state index contributed by atoms with van der Waals surface area (Å²) in [6.45, 7) is 0.0742. The zero-order chi connectivity index (χ0) is 13.1. The lowest BCUT2D eigenvalue weighted by atomic mass is 10.0.